The Bertz CT molecular complexity index is 1020. The number of carbonyl (C=O) groups is 2. The highest BCUT2D eigenvalue weighted by Gasteiger charge is 2.31. The maximum Gasteiger partial charge on any atom is 0.228 e. The van der Waals surface area contributed by atoms with Crippen molar-refractivity contribution < 1.29 is 19.4 Å². The molecule has 1 aliphatic rings. The lowest BCUT2D eigenvalue weighted by molar-refractivity contribution is -0.313. The topological polar surface area (TPSA) is 78.5 Å². The largest absolute Gasteiger partial charge is 0.550 e. The van der Waals surface area contributed by atoms with Crippen molar-refractivity contribution in [2.45, 2.75) is 25.7 Å². The summed E-state index contributed by atoms with van der Waals surface area (Å²) in [4.78, 5) is 23.9. The summed E-state index contributed by atoms with van der Waals surface area (Å²) in [6, 6.07) is 21.0. The third kappa shape index (κ3) is 4.24. The van der Waals surface area contributed by atoms with Crippen molar-refractivity contribution >= 4 is 28.3 Å². The molecule has 0 aliphatic heterocycles. The van der Waals surface area contributed by atoms with Crippen LogP contribution in [0.2, 0.25) is 0 Å². The lowest BCUT2D eigenvalue weighted by atomic mass is 9.78. The van der Waals surface area contributed by atoms with Gasteiger partial charge in [-0.3, -0.25) is 4.79 Å². The van der Waals surface area contributed by atoms with Crippen LogP contribution in [0.1, 0.15) is 25.7 Å². The minimum absolute atomic E-state index is 0.262. The standard InChI is InChI=1S/C24H23NO4/c26-23(20-9-3-4-10-21(20)24(27)28)25-17-12-14-18(15-13-17)29-22-11-5-7-16-6-1-2-8-19(16)22/h1-2,5-8,11-15,20-21H,3-4,9-10H2,(H,25,26)(H,27,28)/p-1/t20-,21-/m1/s1. The van der Waals surface area contributed by atoms with Crippen LogP contribution < -0.4 is 15.2 Å². The smallest absolute Gasteiger partial charge is 0.228 e. The number of nitrogens with one attached hydrogen (secondary N) is 1. The molecule has 0 heterocycles. The number of rotatable bonds is 5. The van der Waals surface area contributed by atoms with Crippen LogP contribution in [-0.2, 0) is 9.59 Å². The molecule has 5 nitrogen and oxygen atoms in total. The molecule has 2 atom stereocenters. The summed E-state index contributed by atoms with van der Waals surface area (Å²) in [5.74, 6) is -1.23. The van der Waals surface area contributed by atoms with Crippen LogP contribution in [0.25, 0.3) is 10.8 Å². The number of aliphatic carboxylic acids is 1. The van der Waals surface area contributed by atoms with Crippen LogP contribution in [0.5, 0.6) is 11.5 Å². The third-order valence-corrected chi connectivity index (χ3v) is 5.50. The summed E-state index contributed by atoms with van der Waals surface area (Å²) >= 11 is 0. The van der Waals surface area contributed by atoms with Crippen LogP contribution in [-0.4, -0.2) is 11.9 Å². The van der Waals surface area contributed by atoms with Gasteiger partial charge < -0.3 is 20.0 Å². The fourth-order valence-electron chi connectivity index (χ4n) is 3.98. The molecule has 1 amide bonds. The molecule has 4 rings (SSSR count). The summed E-state index contributed by atoms with van der Waals surface area (Å²) in [6.07, 6.45) is 2.76. The first-order chi connectivity index (χ1) is 14.1. The third-order valence-electron chi connectivity index (χ3n) is 5.50. The van der Waals surface area contributed by atoms with Crippen molar-refractivity contribution in [3.05, 3.63) is 66.7 Å². The Morgan fingerprint density at radius 2 is 1.55 bits per heavy atom. The Balaban J connectivity index is 1.45. The van der Waals surface area contributed by atoms with Crippen molar-refractivity contribution in [2.24, 2.45) is 11.8 Å². The second kappa shape index (κ2) is 8.35. The zero-order valence-corrected chi connectivity index (χ0v) is 16.0. The lowest BCUT2D eigenvalue weighted by Crippen LogP contribution is -2.42. The monoisotopic (exact) mass is 388 g/mol. The van der Waals surface area contributed by atoms with Gasteiger partial charge in [0.05, 0.1) is 0 Å². The van der Waals surface area contributed by atoms with E-state index in [9.17, 15) is 14.7 Å². The zero-order chi connectivity index (χ0) is 20.2. The number of fused-ring (bicyclic) bond motifs is 1. The van der Waals surface area contributed by atoms with Gasteiger partial charge in [-0.05, 0) is 48.6 Å². The zero-order valence-electron chi connectivity index (χ0n) is 16.0. The van der Waals surface area contributed by atoms with Crippen LogP contribution in [0.3, 0.4) is 0 Å². The fourth-order valence-corrected chi connectivity index (χ4v) is 3.98. The summed E-state index contributed by atoms with van der Waals surface area (Å²) in [6.45, 7) is 0. The normalized spacial score (nSPS) is 18.9. The van der Waals surface area contributed by atoms with E-state index in [4.69, 9.17) is 4.74 Å². The number of benzene rings is 3. The number of carbonyl (C=O) groups excluding carboxylic acids is 2. The number of hydrogen-bond donors (Lipinski definition) is 1. The van der Waals surface area contributed by atoms with E-state index in [2.05, 4.69) is 5.32 Å². The molecule has 1 N–H and O–H groups in total. The fraction of sp³-hybridized carbons (Fsp3) is 0.250. The van der Waals surface area contributed by atoms with E-state index >= 15 is 0 Å². The number of carboxylic acid groups (broad SMARTS) is 1. The molecule has 0 unspecified atom stereocenters. The van der Waals surface area contributed by atoms with E-state index in [1.54, 1.807) is 24.3 Å². The average molecular weight is 388 g/mol. The maximum absolute atomic E-state index is 12.6. The molecule has 1 aliphatic carbocycles. The molecule has 0 bridgehead atoms. The average Bonchev–Trinajstić information content (AvgIpc) is 2.75. The van der Waals surface area contributed by atoms with E-state index in [0.29, 0.717) is 24.3 Å². The number of ether oxygens (including phenoxy) is 1. The quantitative estimate of drug-likeness (QED) is 0.713. The molecule has 0 spiro atoms. The van der Waals surface area contributed by atoms with Gasteiger partial charge in [0.25, 0.3) is 0 Å². The molecule has 5 heteroatoms. The van der Waals surface area contributed by atoms with Gasteiger partial charge in [-0.25, -0.2) is 0 Å². The lowest BCUT2D eigenvalue weighted by Gasteiger charge is -2.31. The second-order valence-corrected chi connectivity index (χ2v) is 7.41. The number of anilines is 1. The molecule has 0 aromatic heterocycles. The summed E-state index contributed by atoms with van der Waals surface area (Å²) in [7, 11) is 0. The minimum Gasteiger partial charge on any atom is -0.550 e. The van der Waals surface area contributed by atoms with Gasteiger partial charge in [0.2, 0.25) is 5.91 Å². The van der Waals surface area contributed by atoms with Gasteiger partial charge in [-0.15, -0.1) is 0 Å². The van der Waals surface area contributed by atoms with E-state index in [-0.39, 0.29) is 5.91 Å². The Morgan fingerprint density at radius 3 is 2.31 bits per heavy atom. The van der Waals surface area contributed by atoms with E-state index in [0.717, 1.165) is 29.4 Å². The van der Waals surface area contributed by atoms with Gasteiger partial charge in [0.1, 0.15) is 11.5 Å². The molecule has 1 saturated carbocycles. The SMILES string of the molecule is O=C([O-])[C@@H]1CCCC[C@H]1C(=O)Nc1ccc(Oc2cccc3ccccc23)cc1. The predicted molar refractivity (Wildman–Crippen MR) is 110 cm³/mol. The Kier molecular flexibility index (Phi) is 5.47. The van der Waals surface area contributed by atoms with Gasteiger partial charge in [-0.2, -0.15) is 0 Å². The summed E-state index contributed by atoms with van der Waals surface area (Å²) in [5.41, 5.74) is 0.614. The van der Waals surface area contributed by atoms with Crippen LogP contribution in [0.4, 0.5) is 5.69 Å². The first-order valence-corrected chi connectivity index (χ1v) is 9.89. The Morgan fingerprint density at radius 1 is 0.862 bits per heavy atom. The van der Waals surface area contributed by atoms with Gasteiger partial charge >= 0.3 is 0 Å². The van der Waals surface area contributed by atoms with Crippen molar-refractivity contribution in [1.29, 1.82) is 0 Å². The molecule has 1 fully saturated rings. The minimum atomic E-state index is -1.14. The van der Waals surface area contributed by atoms with E-state index in [1.807, 2.05) is 42.5 Å². The Labute approximate surface area is 169 Å². The first-order valence-electron chi connectivity index (χ1n) is 9.89. The number of amides is 1. The molecule has 3 aromatic carbocycles. The van der Waals surface area contributed by atoms with Crippen LogP contribution in [0.15, 0.2) is 66.7 Å². The van der Waals surface area contributed by atoms with E-state index < -0.39 is 17.8 Å². The summed E-state index contributed by atoms with van der Waals surface area (Å²) < 4.78 is 6.02. The molecular formula is C24H22NO4-. The van der Waals surface area contributed by atoms with Crippen LogP contribution in [0, 0.1) is 11.8 Å². The predicted octanol–water partition coefficient (Wildman–Crippen LogP) is 4.13. The molecule has 148 valence electrons. The Hall–Kier alpha value is -3.34. The number of hydrogen-bond acceptors (Lipinski definition) is 4. The van der Waals surface area contributed by atoms with Crippen molar-refractivity contribution in [2.75, 3.05) is 5.32 Å². The van der Waals surface area contributed by atoms with Gasteiger partial charge in [0, 0.05) is 28.9 Å². The highest BCUT2D eigenvalue weighted by molar-refractivity contribution is 5.95. The summed E-state index contributed by atoms with van der Waals surface area (Å²) in [5, 5.41) is 16.3. The molecule has 29 heavy (non-hydrogen) atoms. The molecule has 0 radical (unpaired) electrons. The van der Waals surface area contributed by atoms with Gasteiger partial charge in [-0.1, -0.05) is 49.2 Å². The van der Waals surface area contributed by atoms with Crippen LogP contribution >= 0.6 is 0 Å². The highest BCUT2D eigenvalue weighted by atomic mass is 16.5. The molecular weight excluding hydrogens is 366 g/mol. The van der Waals surface area contributed by atoms with Crippen molar-refractivity contribution in [1.82, 2.24) is 0 Å². The second-order valence-electron chi connectivity index (χ2n) is 7.41. The van der Waals surface area contributed by atoms with Crippen molar-refractivity contribution in [3.8, 4) is 11.5 Å². The number of carboxylic acids is 1. The van der Waals surface area contributed by atoms with Gasteiger partial charge in [0.15, 0.2) is 0 Å². The maximum atomic E-state index is 12.6. The van der Waals surface area contributed by atoms with E-state index in [1.165, 1.54) is 0 Å². The molecule has 0 saturated heterocycles. The highest BCUT2D eigenvalue weighted by Crippen LogP contribution is 2.32. The molecule has 3 aromatic rings. The first kappa shape index (κ1) is 19.0. The van der Waals surface area contributed by atoms with Crippen molar-refractivity contribution in [3.63, 3.8) is 0 Å².